The standard InChI is InChI=1S/C35H38ClN3O5S/c1-4-26(2)37-35(41)33(23-27-12-7-5-8-13-27)38(24-28-14-11-15-29(36)22-28)34(40)25-39(45(3,42)43)30-18-20-32(21-19-30)44-31-16-9-6-10-17-31/h5-22,26,33H,4,23-25H2,1-3H3,(H,37,41)/t26-,33+/m1/s1. The van der Waals surface area contributed by atoms with Crippen molar-refractivity contribution in [3.05, 3.63) is 125 Å². The van der Waals surface area contributed by atoms with Gasteiger partial charge in [0, 0.05) is 24.0 Å². The number of amides is 2. The van der Waals surface area contributed by atoms with Gasteiger partial charge in [-0.15, -0.1) is 0 Å². The number of ether oxygens (including phenoxy) is 1. The molecule has 4 aromatic carbocycles. The fourth-order valence-corrected chi connectivity index (χ4v) is 5.81. The monoisotopic (exact) mass is 647 g/mol. The smallest absolute Gasteiger partial charge is 0.244 e. The van der Waals surface area contributed by atoms with E-state index in [-0.39, 0.29) is 30.6 Å². The van der Waals surface area contributed by atoms with Crippen molar-refractivity contribution >= 4 is 39.1 Å². The van der Waals surface area contributed by atoms with Crippen LogP contribution in [0.2, 0.25) is 5.02 Å². The second kappa shape index (κ2) is 15.6. The van der Waals surface area contributed by atoms with Gasteiger partial charge in [0.2, 0.25) is 21.8 Å². The zero-order chi connectivity index (χ0) is 32.4. The third-order valence-corrected chi connectivity index (χ3v) is 8.67. The molecule has 45 heavy (non-hydrogen) atoms. The van der Waals surface area contributed by atoms with Gasteiger partial charge in [0.1, 0.15) is 24.1 Å². The van der Waals surface area contributed by atoms with E-state index in [1.165, 1.54) is 4.90 Å². The lowest BCUT2D eigenvalue weighted by Crippen LogP contribution is -2.54. The Morgan fingerprint density at radius 1 is 0.844 bits per heavy atom. The number of anilines is 1. The average molecular weight is 648 g/mol. The van der Waals surface area contributed by atoms with Crippen molar-refractivity contribution in [3.8, 4) is 11.5 Å². The topological polar surface area (TPSA) is 96.0 Å². The molecule has 8 nitrogen and oxygen atoms in total. The van der Waals surface area contributed by atoms with Crippen LogP contribution < -0.4 is 14.4 Å². The molecule has 0 saturated carbocycles. The highest BCUT2D eigenvalue weighted by atomic mass is 35.5. The molecular formula is C35H38ClN3O5S. The van der Waals surface area contributed by atoms with Crippen LogP contribution in [0.4, 0.5) is 5.69 Å². The molecule has 0 bridgehead atoms. The summed E-state index contributed by atoms with van der Waals surface area (Å²) in [6.07, 6.45) is 1.99. The van der Waals surface area contributed by atoms with Crippen molar-refractivity contribution in [3.63, 3.8) is 0 Å². The maximum absolute atomic E-state index is 14.2. The lowest BCUT2D eigenvalue weighted by Gasteiger charge is -2.34. The minimum Gasteiger partial charge on any atom is -0.457 e. The van der Waals surface area contributed by atoms with E-state index in [2.05, 4.69) is 5.32 Å². The number of carbonyl (C=O) groups excluding carboxylic acids is 2. The molecule has 2 amide bonds. The third-order valence-electron chi connectivity index (χ3n) is 7.30. The molecule has 0 saturated heterocycles. The lowest BCUT2D eigenvalue weighted by atomic mass is 10.0. The maximum atomic E-state index is 14.2. The highest BCUT2D eigenvalue weighted by Crippen LogP contribution is 2.26. The summed E-state index contributed by atoms with van der Waals surface area (Å²) >= 11 is 6.27. The molecule has 4 rings (SSSR count). The minimum atomic E-state index is -3.90. The first-order valence-electron chi connectivity index (χ1n) is 14.7. The molecule has 0 unspecified atom stereocenters. The zero-order valence-electron chi connectivity index (χ0n) is 25.6. The summed E-state index contributed by atoms with van der Waals surface area (Å²) < 4.78 is 33.0. The largest absolute Gasteiger partial charge is 0.457 e. The second-order valence-electron chi connectivity index (χ2n) is 10.9. The molecule has 0 spiro atoms. The van der Waals surface area contributed by atoms with Crippen LogP contribution in [-0.4, -0.2) is 50.0 Å². The van der Waals surface area contributed by atoms with E-state index in [1.807, 2.05) is 80.6 Å². The van der Waals surface area contributed by atoms with Crippen molar-refractivity contribution in [1.29, 1.82) is 0 Å². The average Bonchev–Trinajstić information content (AvgIpc) is 3.02. The van der Waals surface area contributed by atoms with Gasteiger partial charge in [0.15, 0.2) is 0 Å². The lowest BCUT2D eigenvalue weighted by molar-refractivity contribution is -0.140. The second-order valence-corrected chi connectivity index (χ2v) is 13.2. The minimum absolute atomic E-state index is 0.0479. The Morgan fingerprint density at radius 2 is 1.44 bits per heavy atom. The van der Waals surface area contributed by atoms with Gasteiger partial charge >= 0.3 is 0 Å². The number of rotatable bonds is 14. The molecule has 0 aliphatic rings. The summed E-state index contributed by atoms with van der Waals surface area (Å²) in [5.41, 5.74) is 1.86. The number of nitrogens with zero attached hydrogens (tertiary/aromatic N) is 2. The van der Waals surface area contributed by atoms with Gasteiger partial charge in [0.25, 0.3) is 0 Å². The van der Waals surface area contributed by atoms with Crippen molar-refractivity contribution in [2.45, 2.75) is 45.3 Å². The Labute approximate surface area is 270 Å². The number of hydrogen-bond acceptors (Lipinski definition) is 5. The molecule has 1 N–H and O–H groups in total. The predicted octanol–water partition coefficient (Wildman–Crippen LogP) is 6.45. The Morgan fingerprint density at radius 3 is 2.04 bits per heavy atom. The van der Waals surface area contributed by atoms with Crippen molar-refractivity contribution in [2.75, 3.05) is 17.1 Å². The van der Waals surface area contributed by atoms with Crippen LogP contribution in [0.1, 0.15) is 31.4 Å². The van der Waals surface area contributed by atoms with Gasteiger partial charge in [-0.1, -0.05) is 79.2 Å². The number of benzene rings is 4. The summed E-state index contributed by atoms with van der Waals surface area (Å²) in [5, 5.41) is 3.50. The van der Waals surface area contributed by atoms with Crippen molar-refractivity contribution in [2.24, 2.45) is 0 Å². The summed E-state index contributed by atoms with van der Waals surface area (Å²) in [6.45, 7) is 3.40. The highest BCUT2D eigenvalue weighted by Gasteiger charge is 2.33. The molecule has 0 radical (unpaired) electrons. The van der Waals surface area contributed by atoms with Crippen LogP contribution in [0.15, 0.2) is 109 Å². The number of carbonyl (C=O) groups is 2. The number of para-hydroxylation sites is 1. The molecule has 236 valence electrons. The van der Waals surface area contributed by atoms with E-state index >= 15 is 0 Å². The van der Waals surface area contributed by atoms with Gasteiger partial charge in [-0.05, 0) is 73.0 Å². The molecule has 0 fully saturated rings. The molecule has 0 aliphatic carbocycles. The van der Waals surface area contributed by atoms with Crippen LogP contribution in [0.5, 0.6) is 11.5 Å². The van der Waals surface area contributed by atoms with Crippen LogP contribution in [0.3, 0.4) is 0 Å². The zero-order valence-corrected chi connectivity index (χ0v) is 27.2. The van der Waals surface area contributed by atoms with E-state index in [0.717, 1.165) is 16.1 Å². The number of sulfonamides is 1. The van der Waals surface area contributed by atoms with Crippen LogP contribution in [0.25, 0.3) is 0 Å². The molecule has 0 aromatic heterocycles. The van der Waals surface area contributed by atoms with E-state index < -0.39 is 28.5 Å². The molecule has 2 atom stereocenters. The third kappa shape index (κ3) is 9.83. The summed E-state index contributed by atoms with van der Waals surface area (Å²) in [5.74, 6) is 0.288. The normalized spacial score (nSPS) is 12.5. The van der Waals surface area contributed by atoms with Crippen molar-refractivity contribution < 1.29 is 22.7 Å². The van der Waals surface area contributed by atoms with E-state index in [4.69, 9.17) is 16.3 Å². The molecule has 0 heterocycles. The molecule has 0 aliphatic heterocycles. The van der Waals surface area contributed by atoms with Gasteiger partial charge in [-0.25, -0.2) is 8.42 Å². The number of nitrogens with one attached hydrogen (secondary N) is 1. The summed E-state index contributed by atoms with van der Waals surface area (Å²) in [6, 6.07) is 31.1. The van der Waals surface area contributed by atoms with Gasteiger partial charge in [-0.2, -0.15) is 0 Å². The molecule has 10 heteroatoms. The quantitative estimate of drug-likeness (QED) is 0.170. The van der Waals surface area contributed by atoms with Crippen molar-refractivity contribution in [1.82, 2.24) is 10.2 Å². The van der Waals surface area contributed by atoms with Gasteiger partial charge in [0.05, 0.1) is 11.9 Å². The molecule has 4 aromatic rings. The maximum Gasteiger partial charge on any atom is 0.244 e. The Bertz CT molecular complexity index is 1670. The number of halogens is 1. The van der Waals surface area contributed by atoms with E-state index in [0.29, 0.717) is 28.5 Å². The first-order chi connectivity index (χ1) is 21.5. The predicted molar refractivity (Wildman–Crippen MR) is 179 cm³/mol. The fraction of sp³-hybridized carbons (Fsp3) is 0.257. The first kappa shape index (κ1) is 33.6. The Hall–Kier alpha value is -4.34. The summed E-state index contributed by atoms with van der Waals surface area (Å²) in [7, 11) is -3.90. The highest BCUT2D eigenvalue weighted by molar-refractivity contribution is 7.92. The first-order valence-corrected chi connectivity index (χ1v) is 16.9. The Kier molecular flexibility index (Phi) is 11.6. The van der Waals surface area contributed by atoms with Crippen LogP contribution in [0, 0.1) is 0 Å². The number of hydrogen-bond donors (Lipinski definition) is 1. The van der Waals surface area contributed by atoms with Crippen LogP contribution in [-0.2, 0) is 32.6 Å². The van der Waals surface area contributed by atoms with Gasteiger partial charge in [-0.3, -0.25) is 13.9 Å². The summed E-state index contributed by atoms with van der Waals surface area (Å²) in [4.78, 5) is 29.5. The SMILES string of the molecule is CC[C@@H](C)NC(=O)[C@H](Cc1ccccc1)N(Cc1cccc(Cl)c1)C(=O)CN(c1ccc(Oc2ccccc2)cc1)S(C)(=O)=O. The Balaban J connectivity index is 1.68. The van der Waals surface area contributed by atoms with Gasteiger partial charge < -0.3 is 15.0 Å². The van der Waals surface area contributed by atoms with E-state index in [9.17, 15) is 18.0 Å². The van der Waals surface area contributed by atoms with E-state index in [1.54, 1.807) is 42.5 Å². The molecular weight excluding hydrogens is 610 g/mol. The van der Waals surface area contributed by atoms with Crippen LogP contribution >= 0.6 is 11.6 Å². The fourth-order valence-electron chi connectivity index (χ4n) is 4.75.